The highest BCUT2D eigenvalue weighted by atomic mass is 35.5. The number of esters is 1. The van der Waals surface area contributed by atoms with Gasteiger partial charge in [-0.05, 0) is 24.6 Å². The lowest BCUT2D eigenvalue weighted by atomic mass is 10.0. The number of benzene rings is 1. The van der Waals surface area contributed by atoms with Crippen molar-refractivity contribution in [1.29, 1.82) is 0 Å². The molecule has 0 atom stereocenters. The maximum absolute atomic E-state index is 12.5. The predicted molar refractivity (Wildman–Crippen MR) is 79.8 cm³/mol. The Bertz CT molecular complexity index is 741. The first-order valence-corrected chi connectivity index (χ1v) is 7.17. The van der Waals surface area contributed by atoms with Gasteiger partial charge in [0.15, 0.2) is 5.69 Å². The normalized spacial score (nSPS) is 13.6. The molecule has 6 nitrogen and oxygen atoms in total. The van der Waals surface area contributed by atoms with Crippen LogP contribution in [0.15, 0.2) is 24.3 Å². The molecule has 0 saturated heterocycles. The molecule has 2 heterocycles. The number of carbonyl (C=O) groups is 2. The fourth-order valence-corrected chi connectivity index (χ4v) is 2.75. The Balaban J connectivity index is 1.81. The largest absolute Gasteiger partial charge is 0.464 e. The number of halogens is 1. The summed E-state index contributed by atoms with van der Waals surface area (Å²) < 4.78 is 4.70. The van der Waals surface area contributed by atoms with Crippen molar-refractivity contribution < 1.29 is 14.3 Å². The number of aromatic amines is 1. The number of nitrogens with one attached hydrogen (secondary N) is 1. The Morgan fingerprint density at radius 1 is 1.41 bits per heavy atom. The average molecular weight is 320 g/mol. The van der Waals surface area contributed by atoms with E-state index in [4.69, 9.17) is 16.3 Å². The van der Waals surface area contributed by atoms with E-state index in [1.807, 2.05) is 0 Å². The van der Waals surface area contributed by atoms with Crippen LogP contribution >= 0.6 is 11.6 Å². The van der Waals surface area contributed by atoms with Crippen LogP contribution in [0.25, 0.3) is 0 Å². The minimum Gasteiger partial charge on any atom is -0.464 e. The van der Waals surface area contributed by atoms with E-state index in [9.17, 15) is 9.59 Å². The van der Waals surface area contributed by atoms with E-state index in [-0.39, 0.29) is 5.91 Å². The second-order valence-corrected chi connectivity index (χ2v) is 5.44. The topological polar surface area (TPSA) is 75.3 Å². The van der Waals surface area contributed by atoms with Gasteiger partial charge < -0.3 is 9.64 Å². The second-order valence-electron chi connectivity index (χ2n) is 5.01. The number of hydrogen-bond donors (Lipinski definition) is 1. The highest BCUT2D eigenvalue weighted by molar-refractivity contribution is 6.30. The Hall–Kier alpha value is -2.34. The lowest BCUT2D eigenvalue weighted by Crippen LogP contribution is -2.36. The molecule has 22 heavy (non-hydrogen) atoms. The van der Waals surface area contributed by atoms with Crippen molar-refractivity contribution in [3.8, 4) is 0 Å². The van der Waals surface area contributed by atoms with Gasteiger partial charge in [0, 0.05) is 22.7 Å². The second kappa shape index (κ2) is 5.81. The van der Waals surface area contributed by atoms with Crippen molar-refractivity contribution in [1.82, 2.24) is 15.1 Å². The van der Waals surface area contributed by atoms with Gasteiger partial charge in [0.1, 0.15) is 0 Å². The molecule has 0 aliphatic carbocycles. The number of carbonyl (C=O) groups excluding carboxylic acids is 2. The van der Waals surface area contributed by atoms with Gasteiger partial charge in [-0.2, -0.15) is 5.10 Å². The zero-order chi connectivity index (χ0) is 15.7. The molecule has 0 fully saturated rings. The fourth-order valence-electron chi connectivity index (χ4n) is 2.56. The molecule has 1 aliphatic heterocycles. The van der Waals surface area contributed by atoms with E-state index in [1.54, 1.807) is 29.2 Å². The van der Waals surface area contributed by atoms with Gasteiger partial charge in [0.05, 0.1) is 19.3 Å². The van der Waals surface area contributed by atoms with E-state index in [0.29, 0.717) is 35.8 Å². The molecule has 1 N–H and O–H groups in total. The van der Waals surface area contributed by atoms with Crippen molar-refractivity contribution in [3.63, 3.8) is 0 Å². The predicted octanol–water partition coefficient (Wildman–Crippen LogP) is 2.05. The molecule has 0 bridgehead atoms. The number of aromatic nitrogens is 2. The van der Waals surface area contributed by atoms with E-state index >= 15 is 0 Å². The summed E-state index contributed by atoms with van der Waals surface area (Å²) in [5.74, 6) is -0.561. The molecule has 114 valence electrons. The van der Waals surface area contributed by atoms with Gasteiger partial charge in [-0.3, -0.25) is 9.89 Å². The number of ether oxygens (including phenoxy) is 1. The third-order valence-corrected chi connectivity index (χ3v) is 3.91. The monoisotopic (exact) mass is 319 g/mol. The Labute approximate surface area is 132 Å². The van der Waals surface area contributed by atoms with Crippen LogP contribution in [0, 0.1) is 0 Å². The summed E-state index contributed by atoms with van der Waals surface area (Å²) in [6, 6.07) is 6.85. The number of nitrogens with zero attached hydrogens (tertiary/aromatic N) is 2. The summed E-state index contributed by atoms with van der Waals surface area (Å²) in [4.78, 5) is 25.8. The molecule has 2 aromatic rings. The zero-order valence-electron chi connectivity index (χ0n) is 11.9. The van der Waals surface area contributed by atoms with Crippen LogP contribution in [0.5, 0.6) is 0 Å². The summed E-state index contributed by atoms with van der Waals surface area (Å²) in [6.45, 7) is 0.895. The van der Waals surface area contributed by atoms with Crippen LogP contribution in [0.3, 0.4) is 0 Å². The molecule has 1 aromatic heterocycles. The third-order valence-electron chi connectivity index (χ3n) is 3.67. The highest BCUT2D eigenvalue weighted by Gasteiger charge is 2.28. The van der Waals surface area contributed by atoms with Gasteiger partial charge in [-0.1, -0.05) is 17.7 Å². The van der Waals surface area contributed by atoms with Crippen LogP contribution in [0.4, 0.5) is 0 Å². The van der Waals surface area contributed by atoms with Gasteiger partial charge in [-0.25, -0.2) is 4.79 Å². The van der Waals surface area contributed by atoms with E-state index < -0.39 is 5.97 Å². The van der Waals surface area contributed by atoms with Crippen LogP contribution in [-0.4, -0.2) is 40.6 Å². The summed E-state index contributed by atoms with van der Waals surface area (Å²) in [5.41, 5.74) is 2.43. The molecule has 1 aliphatic rings. The lowest BCUT2D eigenvalue weighted by Gasteiger charge is -2.26. The molecule has 0 spiro atoms. The summed E-state index contributed by atoms with van der Waals surface area (Å²) in [5, 5.41) is 7.33. The number of rotatable bonds is 2. The van der Waals surface area contributed by atoms with Crippen molar-refractivity contribution in [2.45, 2.75) is 13.0 Å². The molecule has 1 aromatic carbocycles. The van der Waals surface area contributed by atoms with Crippen molar-refractivity contribution in [3.05, 3.63) is 51.8 Å². The van der Waals surface area contributed by atoms with E-state index in [1.165, 1.54) is 7.11 Å². The lowest BCUT2D eigenvalue weighted by molar-refractivity contribution is 0.0592. The Kier molecular flexibility index (Phi) is 3.85. The first-order chi connectivity index (χ1) is 10.6. The maximum Gasteiger partial charge on any atom is 0.358 e. The number of H-pyrrole nitrogens is 1. The number of hydrogen-bond acceptors (Lipinski definition) is 4. The zero-order valence-corrected chi connectivity index (χ0v) is 12.7. The van der Waals surface area contributed by atoms with E-state index in [0.717, 1.165) is 11.3 Å². The Morgan fingerprint density at radius 2 is 2.23 bits per heavy atom. The van der Waals surface area contributed by atoms with Crippen LogP contribution in [0.2, 0.25) is 5.02 Å². The fraction of sp³-hybridized carbons (Fsp3) is 0.267. The third kappa shape index (κ3) is 2.57. The van der Waals surface area contributed by atoms with Gasteiger partial charge >= 0.3 is 5.97 Å². The van der Waals surface area contributed by atoms with Crippen molar-refractivity contribution >= 4 is 23.5 Å². The minimum atomic E-state index is -0.466. The van der Waals surface area contributed by atoms with Crippen LogP contribution in [-0.2, 0) is 17.7 Å². The first kappa shape index (κ1) is 14.6. The summed E-state index contributed by atoms with van der Waals surface area (Å²) >= 11 is 5.92. The van der Waals surface area contributed by atoms with E-state index in [2.05, 4.69) is 10.2 Å². The van der Waals surface area contributed by atoms with Crippen molar-refractivity contribution in [2.24, 2.45) is 0 Å². The molecule has 3 rings (SSSR count). The van der Waals surface area contributed by atoms with Crippen LogP contribution < -0.4 is 0 Å². The number of fused-ring (bicyclic) bond motifs is 1. The molecule has 0 unspecified atom stereocenters. The number of methoxy groups -OCH3 is 1. The highest BCUT2D eigenvalue weighted by Crippen LogP contribution is 2.22. The molecule has 1 amide bonds. The van der Waals surface area contributed by atoms with Gasteiger partial charge in [0.2, 0.25) is 0 Å². The maximum atomic E-state index is 12.5. The molecular formula is C15H14ClN3O3. The quantitative estimate of drug-likeness (QED) is 0.860. The first-order valence-electron chi connectivity index (χ1n) is 6.79. The minimum absolute atomic E-state index is 0.0950. The van der Waals surface area contributed by atoms with Gasteiger partial charge in [-0.15, -0.1) is 0 Å². The molecular weight excluding hydrogens is 306 g/mol. The van der Waals surface area contributed by atoms with Crippen LogP contribution in [0.1, 0.15) is 32.1 Å². The average Bonchev–Trinajstić information content (AvgIpc) is 2.96. The number of amides is 1. The summed E-state index contributed by atoms with van der Waals surface area (Å²) in [6.07, 6.45) is 0.558. The van der Waals surface area contributed by atoms with Crippen molar-refractivity contribution in [2.75, 3.05) is 13.7 Å². The smallest absolute Gasteiger partial charge is 0.358 e. The Morgan fingerprint density at radius 3 is 2.95 bits per heavy atom. The molecule has 0 radical (unpaired) electrons. The molecule has 7 heteroatoms. The van der Waals surface area contributed by atoms with Gasteiger partial charge in [0.25, 0.3) is 5.91 Å². The standard InChI is InChI=1S/C15H14ClN3O3/c1-22-15(21)13-11-5-6-19(8-12(11)17-18-13)14(20)9-3-2-4-10(16)7-9/h2-4,7H,5-6,8H2,1H3,(H,17,18). The molecule has 0 saturated carbocycles. The SMILES string of the molecule is COC(=O)c1n[nH]c2c1CCN(C(=O)c1cccc(Cl)c1)C2. The summed E-state index contributed by atoms with van der Waals surface area (Å²) in [7, 11) is 1.32.